The molecule has 4 saturated heterocycles. The van der Waals surface area contributed by atoms with Crippen LogP contribution in [0, 0.1) is 12.8 Å². The van der Waals surface area contributed by atoms with Gasteiger partial charge < -0.3 is 4.74 Å². The molecule has 4 aliphatic heterocycles. The Hall–Kier alpha value is -2.11. The van der Waals surface area contributed by atoms with Crippen molar-refractivity contribution in [3.63, 3.8) is 0 Å². The molecule has 0 radical (unpaired) electrons. The molecule has 154 valence electrons. The largest absolute Gasteiger partial charge is 0.497 e. The molecule has 2 bridgehead atoms. The second-order valence-electron chi connectivity index (χ2n) is 8.89. The maximum atomic E-state index is 5.39. The zero-order valence-electron chi connectivity index (χ0n) is 17.6. The summed E-state index contributed by atoms with van der Waals surface area (Å²) < 4.78 is 7.45. The van der Waals surface area contributed by atoms with Crippen molar-refractivity contribution in [2.45, 2.75) is 50.9 Å². The highest BCUT2D eigenvalue weighted by Crippen LogP contribution is 2.47. The van der Waals surface area contributed by atoms with E-state index in [0.717, 1.165) is 31.3 Å². The van der Waals surface area contributed by atoms with Crippen molar-refractivity contribution < 1.29 is 4.74 Å². The molecular weight excluding hydrogens is 360 g/mol. The maximum Gasteiger partial charge on any atom is 0.118 e. The second-order valence-corrected chi connectivity index (χ2v) is 8.89. The Morgan fingerprint density at radius 2 is 1.93 bits per heavy atom. The molecule has 3 atom stereocenters. The molecule has 5 heteroatoms. The van der Waals surface area contributed by atoms with Crippen LogP contribution in [0.2, 0.25) is 0 Å². The number of likely N-dealkylation sites (tertiary alicyclic amines) is 1. The number of rotatable bonds is 6. The summed E-state index contributed by atoms with van der Waals surface area (Å²) in [5, 5.41) is 4.59. The molecule has 5 heterocycles. The Morgan fingerprint density at radius 3 is 2.62 bits per heavy atom. The van der Waals surface area contributed by atoms with E-state index in [0.29, 0.717) is 18.0 Å². The van der Waals surface area contributed by atoms with Crippen LogP contribution in [0.5, 0.6) is 5.75 Å². The van der Waals surface area contributed by atoms with Gasteiger partial charge in [0.1, 0.15) is 5.75 Å². The Labute approximate surface area is 173 Å². The lowest BCUT2D eigenvalue weighted by Gasteiger charge is -2.51. The van der Waals surface area contributed by atoms with Crippen molar-refractivity contribution in [1.29, 1.82) is 0 Å². The molecule has 0 amide bonds. The summed E-state index contributed by atoms with van der Waals surface area (Å²) in [5.41, 5.74) is 4.09. The summed E-state index contributed by atoms with van der Waals surface area (Å²) in [7, 11) is 1.74. The third-order valence-corrected chi connectivity index (χ3v) is 7.52. The monoisotopic (exact) mass is 392 g/mol. The van der Waals surface area contributed by atoms with E-state index in [9.17, 15) is 0 Å². The van der Waals surface area contributed by atoms with Crippen LogP contribution in [-0.4, -0.2) is 58.4 Å². The van der Waals surface area contributed by atoms with Crippen molar-refractivity contribution >= 4 is 0 Å². The molecule has 0 saturated carbocycles. The molecule has 0 N–H and O–H groups in total. The Bertz CT molecular complexity index is 866. The first-order chi connectivity index (χ1) is 14.2. The molecule has 1 aromatic carbocycles. The van der Waals surface area contributed by atoms with E-state index < -0.39 is 0 Å². The minimum atomic E-state index is 0.567. The van der Waals surface area contributed by atoms with Crippen molar-refractivity contribution in [2.24, 2.45) is 5.92 Å². The van der Waals surface area contributed by atoms with Gasteiger partial charge in [-0.1, -0.05) is 18.2 Å². The first-order valence-corrected chi connectivity index (χ1v) is 10.9. The first kappa shape index (κ1) is 18.9. The SMILES string of the molecule is C=CCn1ncc(CN2C[C@@H](c3ccc(OC)cc3)[C@@H]3[C@H]2C2CCN3CC2)c1C. The van der Waals surface area contributed by atoms with Crippen LogP contribution >= 0.6 is 0 Å². The van der Waals surface area contributed by atoms with E-state index >= 15 is 0 Å². The lowest BCUT2D eigenvalue weighted by Crippen LogP contribution is -2.59. The summed E-state index contributed by atoms with van der Waals surface area (Å²) in [6.45, 7) is 11.5. The van der Waals surface area contributed by atoms with Gasteiger partial charge in [0, 0.05) is 42.3 Å². The van der Waals surface area contributed by atoms with Gasteiger partial charge in [-0.2, -0.15) is 5.10 Å². The fourth-order valence-corrected chi connectivity index (χ4v) is 6.03. The molecular formula is C24H32N4O. The van der Waals surface area contributed by atoms with Crippen LogP contribution in [-0.2, 0) is 13.1 Å². The molecule has 0 unspecified atom stereocenters. The number of benzene rings is 1. The van der Waals surface area contributed by atoms with Gasteiger partial charge in [-0.25, -0.2) is 0 Å². The predicted octanol–water partition coefficient (Wildman–Crippen LogP) is 3.45. The van der Waals surface area contributed by atoms with Gasteiger partial charge in [-0.3, -0.25) is 14.5 Å². The number of hydrogen-bond donors (Lipinski definition) is 0. The van der Waals surface area contributed by atoms with E-state index in [1.807, 2.05) is 6.08 Å². The van der Waals surface area contributed by atoms with Crippen molar-refractivity contribution in [3.8, 4) is 5.75 Å². The van der Waals surface area contributed by atoms with Crippen LogP contribution in [0.3, 0.4) is 0 Å². The molecule has 4 aliphatic rings. The van der Waals surface area contributed by atoms with Crippen LogP contribution in [0.25, 0.3) is 0 Å². The van der Waals surface area contributed by atoms with Crippen LogP contribution in [0.15, 0.2) is 43.1 Å². The Balaban J connectivity index is 1.44. The normalized spacial score (nSPS) is 31.0. The number of methoxy groups -OCH3 is 1. The topological polar surface area (TPSA) is 33.5 Å². The summed E-state index contributed by atoms with van der Waals surface area (Å²) in [4.78, 5) is 5.53. The number of allylic oxidation sites excluding steroid dienone is 1. The van der Waals surface area contributed by atoms with Gasteiger partial charge in [-0.05, 0) is 56.5 Å². The predicted molar refractivity (Wildman–Crippen MR) is 115 cm³/mol. The number of ether oxygens (including phenoxy) is 1. The van der Waals surface area contributed by atoms with Crippen molar-refractivity contribution in [3.05, 3.63) is 59.9 Å². The highest BCUT2D eigenvalue weighted by Gasteiger charge is 2.53. The fourth-order valence-electron chi connectivity index (χ4n) is 6.03. The molecule has 0 spiro atoms. The summed E-state index contributed by atoms with van der Waals surface area (Å²) in [6, 6.07) is 10.1. The van der Waals surface area contributed by atoms with Gasteiger partial charge in [0.05, 0.1) is 19.9 Å². The van der Waals surface area contributed by atoms with E-state index in [1.54, 1.807) is 7.11 Å². The van der Waals surface area contributed by atoms with E-state index in [1.165, 1.54) is 42.8 Å². The summed E-state index contributed by atoms with van der Waals surface area (Å²) in [5.74, 6) is 2.34. The average molecular weight is 393 g/mol. The lowest BCUT2D eigenvalue weighted by molar-refractivity contribution is -0.00874. The third kappa shape index (κ3) is 3.21. The minimum absolute atomic E-state index is 0.567. The Morgan fingerprint density at radius 1 is 1.17 bits per heavy atom. The van der Waals surface area contributed by atoms with E-state index in [4.69, 9.17) is 4.74 Å². The van der Waals surface area contributed by atoms with Crippen LogP contribution in [0.1, 0.15) is 35.6 Å². The highest BCUT2D eigenvalue weighted by atomic mass is 16.5. The molecule has 0 aliphatic carbocycles. The van der Waals surface area contributed by atoms with Gasteiger partial charge in [0.15, 0.2) is 0 Å². The standard InChI is InChI=1S/C24H32N4O/c1-4-11-28-17(2)20(14-25-28)15-27-16-22(18-5-7-21(29-3)8-6-18)24-23(27)19-9-12-26(24)13-10-19/h4-8,14,19,22-24H,1,9-13,15-16H2,2-3H3/t22-,23+,24+/m0/s1. The number of fused-ring (bicyclic) bond motifs is 2. The lowest BCUT2D eigenvalue weighted by atomic mass is 9.75. The molecule has 29 heavy (non-hydrogen) atoms. The zero-order chi connectivity index (χ0) is 20.0. The first-order valence-electron chi connectivity index (χ1n) is 10.9. The van der Waals surface area contributed by atoms with Crippen LogP contribution < -0.4 is 4.74 Å². The molecule has 4 fully saturated rings. The number of aromatic nitrogens is 2. The highest BCUT2D eigenvalue weighted by molar-refractivity contribution is 5.33. The minimum Gasteiger partial charge on any atom is -0.497 e. The third-order valence-electron chi connectivity index (χ3n) is 7.52. The van der Waals surface area contributed by atoms with Gasteiger partial charge in [-0.15, -0.1) is 6.58 Å². The van der Waals surface area contributed by atoms with Crippen molar-refractivity contribution in [2.75, 3.05) is 26.7 Å². The number of nitrogens with zero attached hydrogens (tertiary/aromatic N) is 4. The molecule has 1 aromatic heterocycles. The second kappa shape index (κ2) is 7.62. The quantitative estimate of drug-likeness (QED) is 0.705. The van der Waals surface area contributed by atoms with Gasteiger partial charge in [0.25, 0.3) is 0 Å². The average Bonchev–Trinajstić information content (AvgIpc) is 3.33. The van der Waals surface area contributed by atoms with E-state index in [-0.39, 0.29) is 0 Å². The fraction of sp³-hybridized carbons (Fsp3) is 0.542. The Kier molecular flexibility index (Phi) is 4.96. The van der Waals surface area contributed by atoms with Crippen LogP contribution in [0.4, 0.5) is 0 Å². The van der Waals surface area contributed by atoms with Gasteiger partial charge >= 0.3 is 0 Å². The summed E-state index contributed by atoms with van der Waals surface area (Å²) >= 11 is 0. The van der Waals surface area contributed by atoms with Crippen molar-refractivity contribution in [1.82, 2.24) is 19.6 Å². The molecule has 6 rings (SSSR count). The number of piperidine rings is 3. The van der Waals surface area contributed by atoms with Gasteiger partial charge in [0.2, 0.25) is 0 Å². The zero-order valence-corrected chi connectivity index (χ0v) is 17.6. The van der Waals surface area contributed by atoms with E-state index in [2.05, 4.69) is 63.5 Å². The smallest absolute Gasteiger partial charge is 0.118 e. The molecule has 5 nitrogen and oxygen atoms in total. The maximum absolute atomic E-state index is 5.39. The number of hydrogen-bond acceptors (Lipinski definition) is 4. The summed E-state index contributed by atoms with van der Waals surface area (Å²) in [6.07, 6.45) is 6.68. The molecule has 2 aromatic rings.